The molecule has 2 aliphatic carbocycles. The van der Waals surface area contributed by atoms with Crippen molar-refractivity contribution in [1.29, 1.82) is 0 Å². The van der Waals surface area contributed by atoms with Crippen LogP contribution < -0.4 is 4.90 Å². The summed E-state index contributed by atoms with van der Waals surface area (Å²) in [5, 5.41) is 1.70. The van der Waals surface area contributed by atoms with Gasteiger partial charge in [0.05, 0.1) is 19.7 Å². The average molecular weight is 624 g/mol. The van der Waals surface area contributed by atoms with Crippen LogP contribution in [0.3, 0.4) is 0 Å². The molecule has 4 aromatic carbocycles. The van der Waals surface area contributed by atoms with Crippen LogP contribution in [0.25, 0.3) is 16.3 Å². The number of nitrogens with zero attached hydrogens (tertiary/aromatic N) is 1. The summed E-state index contributed by atoms with van der Waals surface area (Å²) < 4.78 is 6.06. The molecule has 46 heavy (non-hydrogen) atoms. The second-order valence-electron chi connectivity index (χ2n) is 15.0. The summed E-state index contributed by atoms with van der Waals surface area (Å²) in [7, 11) is 0.0931. The van der Waals surface area contributed by atoms with Gasteiger partial charge in [-0.1, -0.05) is 128 Å². The standard InChI is InChI=1S/C43H49NOSi/c1-30-24-25-38-37(28-30)40-41(44(38)5)34-22-14-15-23-35(34)42(40)46(6,27-17-8-7-16-26-45-43(2,3)4)39-29-36(31-18-10-9-11-19-31)32-20-12-13-21-33(32)39/h9-15,18-25,28-29,39,41H,7-8,16-17,26-27H2,1-6H3. The molecule has 0 saturated carbocycles. The number of hydrogen-bond acceptors (Lipinski definition) is 2. The molecule has 0 amide bonds. The predicted molar refractivity (Wildman–Crippen MR) is 199 cm³/mol. The van der Waals surface area contributed by atoms with Crippen LogP contribution in [0.2, 0.25) is 12.6 Å². The van der Waals surface area contributed by atoms with Crippen molar-refractivity contribution in [1.82, 2.24) is 0 Å². The highest BCUT2D eigenvalue weighted by atomic mass is 28.3. The lowest BCUT2D eigenvalue weighted by molar-refractivity contribution is -0.00471. The zero-order valence-corrected chi connectivity index (χ0v) is 29.6. The van der Waals surface area contributed by atoms with Gasteiger partial charge >= 0.3 is 0 Å². The van der Waals surface area contributed by atoms with Gasteiger partial charge in [-0.25, -0.2) is 0 Å². The van der Waals surface area contributed by atoms with Crippen LogP contribution in [0, 0.1) is 6.92 Å². The molecule has 3 unspecified atom stereocenters. The Morgan fingerprint density at radius 2 is 1.41 bits per heavy atom. The first-order chi connectivity index (χ1) is 22.2. The minimum atomic E-state index is -2.21. The van der Waals surface area contributed by atoms with E-state index in [-0.39, 0.29) is 5.60 Å². The fourth-order valence-corrected chi connectivity index (χ4v) is 13.6. The van der Waals surface area contributed by atoms with Crippen molar-refractivity contribution >= 4 is 30.1 Å². The molecule has 1 heterocycles. The Kier molecular flexibility index (Phi) is 8.19. The molecule has 4 aromatic rings. The summed E-state index contributed by atoms with van der Waals surface area (Å²) in [5.74, 6) is 0. The first-order valence-corrected chi connectivity index (χ1v) is 20.1. The van der Waals surface area contributed by atoms with Gasteiger partial charge in [0.1, 0.15) is 0 Å². The molecule has 236 valence electrons. The van der Waals surface area contributed by atoms with E-state index in [1.54, 1.807) is 10.8 Å². The highest BCUT2D eigenvalue weighted by Gasteiger charge is 2.51. The fraction of sp³-hybridized carbons (Fsp3) is 0.349. The van der Waals surface area contributed by atoms with Crippen molar-refractivity contribution in [2.45, 2.75) is 83.2 Å². The van der Waals surface area contributed by atoms with Crippen molar-refractivity contribution in [3.63, 3.8) is 0 Å². The molecule has 0 fully saturated rings. The largest absolute Gasteiger partial charge is 0.376 e. The van der Waals surface area contributed by atoms with Crippen molar-refractivity contribution in [2.24, 2.45) is 0 Å². The Hall–Kier alpha value is -3.66. The summed E-state index contributed by atoms with van der Waals surface area (Å²) in [6, 6.07) is 38.4. The lowest BCUT2D eigenvalue weighted by Gasteiger charge is -2.37. The molecule has 0 spiro atoms. The maximum atomic E-state index is 6.06. The van der Waals surface area contributed by atoms with Crippen molar-refractivity contribution in [2.75, 3.05) is 18.6 Å². The predicted octanol–water partition coefficient (Wildman–Crippen LogP) is 11.2. The van der Waals surface area contributed by atoms with Gasteiger partial charge in [0, 0.05) is 30.4 Å². The Morgan fingerprint density at radius 1 is 0.739 bits per heavy atom. The Balaban J connectivity index is 1.35. The van der Waals surface area contributed by atoms with E-state index in [2.05, 4.69) is 149 Å². The van der Waals surface area contributed by atoms with Gasteiger partial charge < -0.3 is 9.64 Å². The topological polar surface area (TPSA) is 12.5 Å². The number of ether oxygens (including phenoxy) is 1. The first-order valence-electron chi connectivity index (χ1n) is 17.4. The van der Waals surface area contributed by atoms with Gasteiger partial charge in [-0.2, -0.15) is 0 Å². The molecule has 7 rings (SSSR count). The minimum Gasteiger partial charge on any atom is -0.376 e. The molecule has 0 aromatic heterocycles. The molecule has 3 aliphatic rings. The SMILES string of the molecule is Cc1ccc2c(c1)C1=C([Si](C)(CCCCCCOC(C)(C)C)C3C=C(c4ccccc4)c4ccccc43)c3ccccc3C1N2C. The maximum Gasteiger partial charge on any atom is 0.0962 e. The number of aryl methyl sites for hydroxylation is 1. The summed E-state index contributed by atoms with van der Waals surface area (Å²) >= 11 is 0. The first kappa shape index (κ1) is 31.0. The van der Waals surface area contributed by atoms with Crippen molar-refractivity contribution in [3.05, 3.63) is 142 Å². The number of likely N-dealkylation sites (N-methyl/N-ethyl adjacent to an activating group) is 1. The van der Waals surface area contributed by atoms with Crippen LogP contribution in [-0.4, -0.2) is 27.3 Å². The number of fused-ring (bicyclic) bond motifs is 6. The third-order valence-corrected chi connectivity index (χ3v) is 15.6. The summed E-state index contributed by atoms with van der Waals surface area (Å²) in [4.78, 5) is 2.55. The highest BCUT2D eigenvalue weighted by Crippen LogP contribution is 2.61. The van der Waals surface area contributed by atoms with Gasteiger partial charge in [0.2, 0.25) is 0 Å². The molecule has 0 bridgehead atoms. The molecule has 3 atom stereocenters. The van der Waals surface area contributed by atoms with E-state index in [9.17, 15) is 0 Å². The van der Waals surface area contributed by atoms with E-state index in [1.807, 2.05) is 0 Å². The molecule has 0 radical (unpaired) electrons. The van der Waals surface area contributed by atoms with Gasteiger partial charge in [0.25, 0.3) is 0 Å². The second-order valence-corrected chi connectivity index (χ2v) is 19.4. The van der Waals surface area contributed by atoms with Crippen molar-refractivity contribution in [3.8, 4) is 0 Å². The van der Waals surface area contributed by atoms with Gasteiger partial charge in [-0.05, 0) is 90.4 Å². The van der Waals surface area contributed by atoms with E-state index < -0.39 is 8.07 Å². The fourth-order valence-electron chi connectivity index (χ4n) is 8.53. The van der Waals surface area contributed by atoms with E-state index in [1.165, 1.54) is 75.5 Å². The lowest BCUT2D eigenvalue weighted by atomic mass is 9.99. The normalized spacial score (nSPS) is 19.4. The number of hydrogen-bond donors (Lipinski definition) is 0. The Bertz CT molecular complexity index is 1810. The third-order valence-electron chi connectivity index (χ3n) is 10.7. The maximum absolute atomic E-state index is 6.06. The average Bonchev–Trinajstić information content (AvgIpc) is 3.69. The summed E-state index contributed by atoms with van der Waals surface area (Å²) in [6.07, 6.45) is 7.55. The van der Waals surface area contributed by atoms with Crippen LogP contribution >= 0.6 is 0 Å². The summed E-state index contributed by atoms with van der Waals surface area (Å²) in [5.41, 5.74) is 14.8. The van der Waals surface area contributed by atoms with Gasteiger partial charge in [-0.15, -0.1) is 0 Å². The lowest BCUT2D eigenvalue weighted by Crippen LogP contribution is -2.39. The zero-order chi connectivity index (χ0) is 32.1. The van der Waals surface area contributed by atoms with Crippen LogP contribution in [0.4, 0.5) is 5.69 Å². The second kappa shape index (κ2) is 12.2. The highest BCUT2D eigenvalue weighted by molar-refractivity contribution is 6.98. The Morgan fingerprint density at radius 3 is 2.17 bits per heavy atom. The van der Waals surface area contributed by atoms with E-state index in [4.69, 9.17) is 4.74 Å². The molecule has 1 aliphatic heterocycles. The zero-order valence-electron chi connectivity index (χ0n) is 28.6. The monoisotopic (exact) mass is 623 g/mol. The van der Waals surface area contributed by atoms with Crippen molar-refractivity contribution < 1.29 is 4.74 Å². The molecular weight excluding hydrogens is 575 g/mol. The van der Waals surface area contributed by atoms with Crippen LogP contribution in [0.1, 0.15) is 97.0 Å². The smallest absolute Gasteiger partial charge is 0.0962 e. The molecule has 0 N–H and O–H groups in total. The van der Waals surface area contributed by atoms with E-state index >= 15 is 0 Å². The van der Waals surface area contributed by atoms with Crippen LogP contribution in [0.5, 0.6) is 0 Å². The quantitative estimate of drug-likeness (QED) is 0.129. The van der Waals surface area contributed by atoms with Gasteiger partial charge in [-0.3, -0.25) is 0 Å². The molecule has 3 heteroatoms. The molecule has 2 nitrogen and oxygen atoms in total. The number of benzene rings is 4. The summed E-state index contributed by atoms with van der Waals surface area (Å²) in [6.45, 7) is 12.3. The molecular formula is C43H49NOSi. The molecule has 0 saturated heterocycles. The Labute approximate surface area is 277 Å². The third kappa shape index (κ3) is 5.42. The minimum absolute atomic E-state index is 0.0620. The van der Waals surface area contributed by atoms with Crippen LogP contribution in [0.15, 0.2) is 103 Å². The van der Waals surface area contributed by atoms with Crippen LogP contribution in [-0.2, 0) is 4.74 Å². The van der Waals surface area contributed by atoms with E-state index in [0.29, 0.717) is 11.6 Å². The number of rotatable bonds is 10. The van der Waals surface area contributed by atoms with E-state index in [0.717, 1.165) is 13.0 Å². The number of anilines is 1. The number of unbranched alkanes of at least 4 members (excludes halogenated alkanes) is 3. The number of allylic oxidation sites excluding steroid dienone is 1. The van der Waals surface area contributed by atoms with Gasteiger partial charge in [0.15, 0.2) is 0 Å².